The van der Waals surface area contributed by atoms with Gasteiger partial charge in [-0.1, -0.05) is 26.0 Å². The second kappa shape index (κ2) is 6.68. The number of nitrogens with zero attached hydrogens (tertiary/aromatic N) is 1. The lowest BCUT2D eigenvalue weighted by atomic mass is 9.69. The first-order valence-electron chi connectivity index (χ1n) is 9.58. The molecule has 5 atom stereocenters. The lowest BCUT2D eigenvalue weighted by Crippen LogP contribution is -2.45. The lowest BCUT2D eigenvalue weighted by Gasteiger charge is -2.41. The van der Waals surface area contributed by atoms with Crippen molar-refractivity contribution in [1.82, 2.24) is 4.90 Å². The second-order valence-corrected chi connectivity index (χ2v) is 8.06. The van der Waals surface area contributed by atoms with Gasteiger partial charge in [-0.05, 0) is 42.4 Å². The quantitative estimate of drug-likeness (QED) is 0.850. The van der Waals surface area contributed by atoms with Crippen molar-refractivity contribution in [1.29, 1.82) is 0 Å². The number of β-amino-alcohol motifs (C(OH)–C–C–N with tert-alkyl or cyclic N) is 1. The van der Waals surface area contributed by atoms with Crippen LogP contribution in [0.1, 0.15) is 38.3 Å². The van der Waals surface area contributed by atoms with Crippen molar-refractivity contribution in [3.63, 3.8) is 0 Å². The van der Waals surface area contributed by atoms with Crippen molar-refractivity contribution < 1.29 is 24.5 Å². The number of carbonyl (C=O) groups is 2. The van der Waals surface area contributed by atoms with E-state index in [0.717, 1.165) is 12.8 Å². The number of aliphatic hydroxyl groups excluding tert-OH is 1. The van der Waals surface area contributed by atoms with Gasteiger partial charge in [0.1, 0.15) is 11.9 Å². The Morgan fingerprint density at radius 3 is 2.70 bits per heavy atom. The summed E-state index contributed by atoms with van der Waals surface area (Å²) in [6.45, 7) is 4.11. The molecule has 0 radical (unpaired) electrons. The molecule has 27 heavy (non-hydrogen) atoms. The summed E-state index contributed by atoms with van der Waals surface area (Å²) in [5, 5.41) is 19.3. The Bertz CT molecular complexity index is 817. The van der Waals surface area contributed by atoms with Gasteiger partial charge in [0.2, 0.25) is 0 Å². The van der Waals surface area contributed by atoms with Gasteiger partial charge < -0.3 is 19.8 Å². The molecule has 1 amide bonds. The molecule has 0 bridgehead atoms. The fourth-order valence-corrected chi connectivity index (χ4v) is 5.05. The predicted octanol–water partition coefficient (Wildman–Crippen LogP) is 2.17. The summed E-state index contributed by atoms with van der Waals surface area (Å²) < 4.78 is 6.12. The van der Waals surface area contributed by atoms with Crippen LogP contribution in [-0.4, -0.2) is 46.1 Å². The molecule has 2 N–H and O–H groups in total. The molecule has 2 heterocycles. The SMILES string of the molecule is CC1CC(C)C2C(=O)C3=C(OC2C1)C(=O)N(CCO)C3c1cccc(O)c1. The van der Waals surface area contributed by atoms with Crippen LogP contribution in [0.25, 0.3) is 0 Å². The number of phenolic OH excluding ortho intramolecular Hbond substituents is 1. The van der Waals surface area contributed by atoms with Crippen molar-refractivity contribution in [2.24, 2.45) is 17.8 Å². The average molecular weight is 371 g/mol. The van der Waals surface area contributed by atoms with Crippen LogP contribution in [-0.2, 0) is 14.3 Å². The van der Waals surface area contributed by atoms with Gasteiger partial charge >= 0.3 is 0 Å². The zero-order valence-corrected chi connectivity index (χ0v) is 15.6. The molecule has 4 rings (SSSR count). The summed E-state index contributed by atoms with van der Waals surface area (Å²) in [4.78, 5) is 28.0. The molecule has 1 saturated carbocycles. The standard InChI is InChI=1S/C21H25NO5/c1-11-8-12(2)16-15(9-11)27-20-17(19(16)25)18(22(6-7-23)21(20)26)13-4-3-5-14(24)10-13/h3-5,10-12,15-16,18,23-24H,6-9H2,1-2H3. The minimum absolute atomic E-state index is 0.0252. The van der Waals surface area contributed by atoms with E-state index in [9.17, 15) is 19.8 Å². The number of phenols is 1. The molecule has 3 aliphatic rings. The number of Topliss-reactive ketones (excluding diaryl/α,β-unsaturated/α-hetero) is 1. The molecule has 0 spiro atoms. The summed E-state index contributed by atoms with van der Waals surface area (Å²) in [6.07, 6.45) is 1.46. The fraction of sp³-hybridized carbons (Fsp3) is 0.524. The van der Waals surface area contributed by atoms with Gasteiger partial charge in [-0.2, -0.15) is 0 Å². The maximum atomic E-state index is 13.5. The maximum absolute atomic E-state index is 13.5. The highest BCUT2D eigenvalue weighted by atomic mass is 16.5. The third kappa shape index (κ3) is 2.83. The molecular weight excluding hydrogens is 346 g/mol. The topological polar surface area (TPSA) is 87.1 Å². The van der Waals surface area contributed by atoms with Gasteiger partial charge in [-0.15, -0.1) is 0 Å². The van der Waals surface area contributed by atoms with E-state index in [-0.39, 0.29) is 54.3 Å². The van der Waals surface area contributed by atoms with Crippen LogP contribution in [0.3, 0.4) is 0 Å². The molecule has 1 aromatic carbocycles. The number of fused-ring (bicyclic) bond motifs is 1. The van der Waals surface area contributed by atoms with E-state index in [0.29, 0.717) is 17.1 Å². The summed E-state index contributed by atoms with van der Waals surface area (Å²) in [6, 6.07) is 5.94. The maximum Gasteiger partial charge on any atom is 0.290 e. The van der Waals surface area contributed by atoms with Gasteiger partial charge in [-0.3, -0.25) is 9.59 Å². The first-order chi connectivity index (χ1) is 12.9. The molecule has 6 heteroatoms. The third-order valence-corrected chi connectivity index (χ3v) is 6.07. The first-order valence-corrected chi connectivity index (χ1v) is 9.58. The molecule has 5 unspecified atom stereocenters. The van der Waals surface area contributed by atoms with Crippen LogP contribution in [0.2, 0.25) is 0 Å². The van der Waals surface area contributed by atoms with Crippen LogP contribution < -0.4 is 0 Å². The number of amides is 1. The minimum atomic E-state index is -0.633. The molecule has 1 aromatic rings. The van der Waals surface area contributed by atoms with Crippen molar-refractivity contribution >= 4 is 11.7 Å². The number of carbonyl (C=O) groups excluding carboxylic acids is 2. The number of ketones is 1. The van der Waals surface area contributed by atoms with E-state index >= 15 is 0 Å². The number of aliphatic hydroxyl groups is 1. The van der Waals surface area contributed by atoms with E-state index < -0.39 is 6.04 Å². The lowest BCUT2D eigenvalue weighted by molar-refractivity contribution is -0.138. The van der Waals surface area contributed by atoms with Crippen LogP contribution in [0, 0.1) is 17.8 Å². The van der Waals surface area contributed by atoms with Gasteiger partial charge in [0.25, 0.3) is 5.91 Å². The molecular formula is C21H25NO5. The van der Waals surface area contributed by atoms with E-state index in [1.54, 1.807) is 24.3 Å². The summed E-state index contributed by atoms with van der Waals surface area (Å²) >= 11 is 0. The summed E-state index contributed by atoms with van der Waals surface area (Å²) in [5.41, 5.74) is 1.02. The van der Waals surface area contributed by atoms with E-state index in [2.05, 4.69) is 13.8 Å². The minimum Gasteiger partial charge on any atom is -0.508 e. The Balaban J connectivity index is 1.80. The number of benzene rings is 1. The molecule has 1 fully saturated rings. The molecule has 2 aliphatic heterocycles. The Morgan fingerprint density at radius 1 is 1.22 bits per heavy atom. The third-order valence-electron chi connectivity index (χ3n) is 6.07. The van der Waals surface area contributed by atoms with E-state index in [4.69, 9.17) is 4.74 Å². The highest BCUT2D eigenvalue weighted by molar-refractivity contribution is 6.11. The van der Waals surface area contributed by atoms with Gasteiger partial charge in [0.05, 0.1) is 24.1 Å². The van der Waals surface area contributed by atoms with Crippen LogP contribution in [0.4, 0.5) is 0 Å². The zero-order chi connectivity index (χ0) is 19.3. The predicted molar refractivity (Wildman–Crippen MR) is 97.6 cm³/mol. The highest BCUT2D eigenvalue weighted by Gasteiger charge is 2.53. The van der Waals surface area contributed by atoms with Crippen molar-refractivity contribution in [2.45, 2.75) is 38.8 Å². The Labute approximate surface area is 158 Å². The van der Waals surface area contributed by atoms with Crippen molar-refractivity contribution in [2.75, 3.05) is 13.2 Å². The fourth-order valence-electron chi connectivity index (χ4n) is 5.05. The number of rotatable bonds is 3. The number of hydrogen-bond donors (Lipinski definition) is 2. The average Bonchev–Trinajstić information content (AvgIpc) is 2.88. The number of aromatic hydroxyl groups is 1. The largest absolute Gasteiger partial charge is 0.508 e. The molecule has 1 aliphatic carbocycles. The van der Waals surface area contributed by atoms with Crippen LogP contribution in [0.15, 0.2) is 35.6 Å². The van der Waals surface area contributed by atoms with E-state index in [1.807, 2.05) is 0 Å². The smallest absolute Gasteiger partial charge is 0.290 e. The number of ether oxygens (including phenoxy) is 1. The first kappa shape index (κ1) is 18.0. The van der Waals surface area contributed by atoms with Gasteiger partial charge in [-0.25, -0.2) is 0 Å². The van der Waals surface area contributed by atoms with Crippen LogP contribution in [0.5, 0.6) is 5.75 Å². The Morgan fingerprint density at radius 2 is 2.00 bits per heavy atom. The van der Waals surface area contributed by atoms with Gasteiger partial charge in [0, 0.05) is 6.54 Å². The molecule has 0 aromatic heterocycles. The second-order valence-electron chi connectivity index (χ2n) is 8.06. The zero-order valence-electron chi connectivity index (χ0n) is 15.6. The van der Waals surface area contributed by atoms with Crippen molar-refractivity contribution in [3.05, 3.63) is 41.2 Å². The molecule has 0 saturated heterocycles. The van der Waals surface area contributed by atoms with Crippen LogP contribution >= 0.6 is 0 Å². The monoisotopic (exact) mass is 371 g/mol. The number of hydrogen-bond acceptors (Lipinski definition) is 5. The summed E-state index contributed by atoms with van der Waals surface area (Å²) in [5.74, 6) is 0.203. The normalized spacial score (nSPS) is 33.0. The molecule has 6 nitrogen and oxygen atoms in total. The van der Waals surface area contributed by atoms with Gasteiger partial charge in [0.15, 0.2) is 11.5 Å². The molecule has 144 valence electrons. The Kier molecular flexibility index (Phi) is 4.46. The van der Waals surface area contributed by atoms with Crippen molar-refractivity contribution in [3.8, 4) is 5.75 Å². The van der Waals surface area contributed by atoms with E-state index in [1.165, 1.54) is 4.90 Å². The summed E-state index contributed by atoms with van der Waals surface area (Å²) in [7, 11) is 0. The Hall–Kier alpha value is -2.34. The highest BCUT2D eigenvalue weighted by Crippen LogP contribution is 2.49.